The fraction of sp³-hybridized carbons (Fsp3) is 0.778. The maximum atomic E-state index is 10.9. The second-order valence-corrected chi connectivity index (χ2v) is 2.88. The van der Waals surface area contributed by atoms with Crippen LogP contribution in [0, 0.1) is 12.8 Å². The van der Waals surface area contributed by atoms with Gasteiger partial charge in [-0.3, -0.25) is 4.79 Å². The van der Waals surface area contributed by atoms with E-state index < -0.39 is 0 Å². The molecule has 0 aromatic rings. The smallest absolute Gasteiger partial charge is 0.308 e. The average molecular weight is 157 g/mol. The summed E-state index contributed by atoms with van der Waals surface area (Å²) in [6.07, 6.45) is 2.88. The van der Waals surface area contributed by atoms with Gasteiger partial charge in [-0.25, -0.2) is 0 Å². The number of carbonyl (C=O) groups excluding carboxylic acids is 1. The predicted octanol–water partition coefficient (Wildman–Crippen LogP) is 2.19. The molecule has 0 heterocycles. The molecule has 0 aromatic heterocycles. The number of ether oxygens (including phenoxy) is 1. The molecule has 0 saturated carbocycles. The van der Waals surface area contributed by atoms with E-state index in [1.165, 1.54) is 0 Å². The van der Waals surface area contributed by atoms with Crippen molar-refractivity contribution in [1.82, 2.24) is 0 Å². The first kappa shape index (κ1) is 10.5. The molecule has 65 valence electrons. The minimum Gasteiger partial charge on any atom is -0.465 e. The summed E-state index contributed by atoms with van der Waals surface area (Å²) in [5.41, 5.74) is 0. The van der Waals surface area contributed by atoms with Crippen LogP contribution in [0.25, 0.3) is 0 Å². The lowest BCUT2D eigenvalue weighted by Crippen LogP contribution is -2.12. The molecule has 0 rings (SSSR count). The van der Waals surface area contributed by atoms with E-state index in [2.05, 4.69) is 6.92 Å². The van der Waals surface area contributed by atoms with E-state index in [-0.39, 0.29) is 11.9 Å². The van der Waals surface area contributed by atoms with Gasteiger partial charge in [-0.1, -0.05) is 33.6 Å². The summed E-state index contributed by atoms with van der Waals surface area (Å²) < 4.78 is 4.94. The number of hydrogen-bond acceptors (Lipinski definition) is 2. The number of unbranched alkanes of at least 4 members (excludes halogenated alkanes) is 2. The lowest BCUT2D eigenvalue weighted by molar-refractivity contribution is -0.147. The molecule has 0 aliphatic carbocycles. The molecule has 0 aliphatic heterocycles. The van der Waals surface area contributed by atoms with Gasteiger partial charge < -0.3 is 4.74 Å². The van der Waals surface area contributed by atoms with Crippen molar-refractivity contribution >= 4 is 5.97 Å². The molecule has 0 aliphatic rings. The van der Waals surface area contributed by atoms with E-state index in [1.54, 1.807) is 0 Å². The molecule has 0 spiro atoms. The zero-order valence-electron chi connectivity index (χ0n) is 7.43. The molecule has 0 fully saturated rings. The highest BCUT2D eigenvalue weighted by Gasteiger charge is 2.06. The maximum Gasteiger partial charge on any atom is 0.308 e. The van der Waals surface area contributed by atoms with Gasteiger partial charge in [0, 0.05) is 0 Å². The largest absolute Gasteiger partial charge is 0.465 e. The van der Waals surface area contributed by atoms with Crippen LogP contribution < -0.4 is 0 Å². The van der Waals surface area contributed by atoms with Crippen molar-refractivity contribution in [3.05, 3.63) is 6.92 Å². The Morgan fingerprint density at radius 1 is 1.45 bits per heavy atom. The molecule has 0 unspecified atom stereocenters. The van der Waals surface area contributed by atoms with Crippen molar-refractivity contribution in [3.8, 4) is 0 Å². The summed E-state index contributed by atoms with van der Waals surface area (Å²) in [7, 11) is 0. The van der Waals surface area contributed by atoms with Crippen LogP contribution in [0.4, 0.5) is 0 Å². The van der Waals surface area contributed by atoms with E-state index in [0.29, 0.717) is 6.61 Å². The number of hydrogen-bond donors (Lipinski definition) is 0. The average Bonchev–Trinajstić information content (AvgIpc) is 1.97. The van der Waals surface area contributed by atoms with Gasteiger partial charge in [-0.15, -0.1) is 0 Å². The van der Waals surface area contributed by atoms with Crippen molar-refractivity contribution in [1.29, 1.82) is 0 Å². The van der Waals surface area contributed by atoms with Gasteiger partial charge in [0.1, 0.15) is 0 Å². The lowest BCUT2D eigenvalue weighted by atomic mass is 10.2. The third-order valence-corrected chi connectivity index (χ3v) is 1.36. The second-order valence-electron chi connectivity index (χ2n) is 2.88. The summed E-state index contributed by atoms with van der Waals surface area (Å²) >= 11 is 0. The van der Waals surface area contributed by atoms with Gasteiger partial charge in [0.25, 0.3) is 0 Å². The van der Waals surface area contributed by atoms with E-state index in [1.807, 2.05) is 13.8 Å². The molecule has 0 saturated heterocycles. The fourth-order valence-electron chi connectivity index (χ4n) is 0.618. The normalized spacial score (nSPS) is 10.2. The molecule has 11 heavy (non-hydrogen) atoms. The second kappa shape index (κ2) is 6.20. The van der Waals surface area contributed by atoms with Crippen molar-refractivity contribution in [2.75, 3.05) is 6.61 Å². The van der Waals surface area contributed by atoms with E-state index >= 15 is 0 Å². The highest BCUT2D eigenvalue weighted by Crippen LogP contribution is 1.99. The molecular formula is C9H17O2. The molecule has 0 N–H and O–H groups in total. The summed E-state index contributed by atoms with van der Waals surface area (Å²) in [6.45, 7) is 7.92. The Labute approximate surface area is 68.9 Å². The molecule has 0 atom stereocenters. The van der Waals surface area contributed by atoms with E-state index in [4.69, 9.17) is 4.74 Å². The Morgan fingerprint density at radius 2 is 2.09 bits per heavy atom. The van der Waals surface area contributed by atoms with E-state index in [9.17, 15) is 4.79 Å². The Balaban J connectivity index is 3.18. The van der Waals surface area contributed by atoms with Crippen LogP contribution in [0.1, 0.15) is 33.1 Å². The molecule has 0 bridgehead atoms. The van der Waals surface area contributed by atoms with Crippen LogP contribution in [-0.4, -0.2) is 12.6 Å². The fourth-order valence-corrected chi connectivity index (χ4v) is 0.618. The summed E-state index contributed by atoms with van der Waals surface area (Å²) in [5.74, 6) is -0.108. The Kier molecular flexibility index (Phi) is 5.90. The zero-order valence-corrected chi connectivity index (χ0v) is 7.43. The van der Waals surface area contributed by atoms with Gasteiger partial charge >= 0.3 is 5.97 Å². The molecule has 2 nitrogen and oxygen atoms in total. The summed E-state index contributed by atoms with van der Waals surface area (Å²) in [6, 6.07) is 0. The molecular weight excluding hydrogens is 140 g/mol. The molecule has 0 amide bonds. The van der Waals surface area contributed by atoms with Crippen molar-refractivity contribution in [3.63, 3.8) is 0 Å². The zero-order chi connectivity index (χ0) is 8.69. The predicted molar refractivity (Wildman–Crippen MR) is 45.0 cm³/mol. The quantitative estimate of drug-likeness (QED) is 0.451. The van der Waals surface area contributed by atoms with E-state index in [0.717, 1.165) is 19.3 Å². The SMILES string of the molecule is [CH2]CCCCOC(=O)C(C)C. The van der Waals surface area contributed by atoms with Gasteiger partial charge in [0.2, 0.25) is 0 Å². The van der Waals surface area contributed by atoms with Gasteiger partial charge in [0.05, 0.1) is 12.5 Å². The van der Waals surface area contributed by atoms with Crippen molar-refractivity contribution < 1.29 is 9.53 Å². The third-order valence-electron chi connectivity index (χ3n) is 1.36. The van der Waals surface area contributed by atoms with Crippen LogP contribution in [0.15, 0.2) is 0 Å². The van der Waals surface area contributed by atoms with Crippen LogP contribution in [-0.2, 0) is 9.53 Å². The molecule has 0 aromatic carbocycles. The number of rotatable bonds is 5. The molecule has 1 radical (unpaired) electrons. The van der Waals surface area contributed by atoms with Gasteiger partial charge in [0.15, 0.2) is 0 Å². The summed E-state index contributed by atoms with van der Waals surface area (Å²) in [4.78, 5) is 10.9. The van der Waals surface area contributed by atoms with Crippen LogP contribution in [0.3, 0.4) is 0 Å². The third kappa shape index (κ3) is 5.89. The Morgan fingerprint density at radius 3 is 2.55 bits per heavy atom. The van der Waals surface area contributed by atoms with Crippen molar-refractivity contribution in [2.24, 2.45) is 5.92 Å². The minimum atomic E-state index is -0.103. The summed E-state index contributed by atoms with van der Waals surface area (Å²) in [5, 5.41) is 0. The monoisotopic (exact) mass is 157 g/mol. The van der Waals surface area contributed by atoms with Gasteiger partial charge in [-0.05, 0) is 6.42 Å². The molecule has 2 heteroatoms. The number of carbonyl (C=O) groups is 1. The first-order chi connectivity index (χ1) is 5.18. The highest BCUT2D eigenvalue weighted by molar-refractivity contribution is 5.71. The van der Waals surface area contributed by atoms with Crippen LogP contribution in [0.5, 0.6) is 0 Å². The standard InChI is InChI=1S/C9H17O2/c1-4-5-6-7-11-9(10)8(2)3/h8H,1,4-7H2,2-3H3. The number of esters is 1. The Bertz CT molecular complexity index is 108. The first-order valence-electron chi connectivity index (χ1n) is 4.14. The Hall–Kier alpha value is -0.530. The maximum absolute atomic E-state index is 10.9. The highest BCUT2D eigenvalue weighted by atomic mass is 16.5. The first-order valence-corrected chi connectivity index (χ1v) is 4.14. The van der Waals surface area contributed by atoms with Crippen molar-refractivity contribution in [2.45, 2.75) is 33.1 Å². The van der Waals surface area contributed by atoms with Crippen LogP contribution in [0.2, 0.25) is 0 Å². The lowest BCUT2D eigenvalue weighted by Gasteiger charge is -2.05. The minimum absolute atomic E-state index is 0.00486. The van der Waals surface area contributed by atoms with Gasteiger partial charge in [-0.2, -0.15) is 0 Å². The van der Waals surface area contributed by atoms with Crippen LogP contribution >= 0.6 is 0 Å². The topological polar surface area (TPSA) is 26.3 Å².